The van der Waals surface area contributed by atoms with Gasteiger partial charge in [-0.1, -0.05) is 12.1 Å². The van der Waals surface area contributed by atoms with E-state index in [0.29, 0.717) is 17.7 Å². The Hall–Kier alpha value is -3.33. The van der Waals surface area contributed by atoms with Crippen LogP contribution in [0.1, 0.15) is 18.9 Å². The number of benzene rings is 1. The molecule has 0 radical (unpaired) electrons. The zero-order valence-electron chi connectivity index (χ0n) is 14.1. The molecule has 9 heteroatoms. The second-order valence-electron chi connectivity index (χ2n) is 6.58. The summed E-state index contributed by atoms with van der Waals surface area (Å²) in [4.78, 5) is 14.0. The lowest BCUT2D eigenvalue weighted by molar-refractivity contribution is 0.642. The van der Waals surface area contributed by atoms with E-state index in [9.17, 15) is 0 Å². The largest absolute Gasteiger partial charge is 0.336 e. The molecule has 0 saturated heterocycles. The van der Waals surface area contributed by atoms with Crippen LogP contribution in [-0.2, 0) is 0 Å². The lowest BCUT2D eigenvalue weighted by atomic mass is 10.3. The minimum atomic E-state index is 0.538. The first-order valence-electron chi connectivity index (χ1n) is 8.72. The predicted molar refractivity (Wildman–Crippen MR) is 104 cm³/mol. The van der Waals surface area contributed by atoms with Crippen molar-refractivity contribution in [1.29, 1.82) is 0 Å². The lowest BCUT2D eigenvalue weighted by Crippen LogP contribution is -1.98. The van der Waals surface area contributed by atoms with Crippen LogP contribution in [0.5, 0.6) is 0 Å². The standard InChI is InChI=1S/C18H14N8S/c1-2-4-14-12(3-1)23-18(27-14)17-22-13-8-19-25-15(13)16(24-17)21-10-7-20-26(9-10)11-5-6-11/h1-4,7-9,11H,5-6H2,(H,19,25)(H,21,22,24). The van der Waals surface area contributed by atoms with Crippen LogP contribution in [0.4, 0.5) is 11.5 Å². The van der Waals surface area contributed by atoms with Crippen LogP contribution >= 0.6 is 11.3 Å². The highest BCUT2D eigenvalue weighted by molar-refractivity contribution is 7.21. The Kier molecular flexibility index (Phi) is 3.06. The molecule has 0 amide bonds. The van der Waals surface area contributed by atoms with Gasteiger partial charge >= 0.3 is 0 Å². The third kappa shape index (κ3) is 2.55. The van der Waals surface area contributed by atoms with E-state index in [0.717, 1.165) is 31.9 Å². The number of rotatable bonds is 4. The third-order valence-corrected chi connectivity index (χ3v) is 5.60. The topological polar surface area (TPSA) is 97.2 Å². The molecule has 1 aromatic carbocycles. The number of hydrogen-bond donors (Lipinski definition) is 2. The van der Waals surface area contributed by atoms with Crippen LogP contribution in [0.3, 0.4) is 0 Å². The Bertz CT molecular complexity index is 1250. The summed E-state index contributed by atoms with van der Waals surface area (Å²) in [7, 11) is 0. The van der Waals surface area contributed by atoms with Gasteiger partial charge in [0.25, 0.3) is 0 Å². The van der Waals surface area contributed by atoms with Gasteiger partial charge in [-0.2, -0.15) is 10.2 Å². The summed E-state index contributed by atoms with van der Waals surface area (Å²) < 4.78 is 3.12. The summed E-state index contributed by atoms with van der Waals surface area (Å²) in [5, 5.41) is 15.7. The minimum absolute atomic E-state index is 0.538. The molecule has 5 aromatic rings. The number of nitrogens with zero attached hydrogens (tertiary/aromatic N) is 6. The van der Waals surface area contributed by atoms with Gasteiger partial charge in [0.05, 0.1) is 34.3 Å². The first-order valence-corrected chi connectivity index (χ1v) is 9.53. The maximum atomic E-state index is 4.72. The van der Waals surface area contributed by atoms with Crippen LogP contribution in [0.2, 0.25) is 0 Å². The van der Waals surface area contributed by atoms with Crippen LogP contribution in [0.25, 0.3) is 32.1 Å². The van der Waals surface area contributed by atoms with E-state index >= 15 is 0 Å². The van der Waals surface area contributed by atoms with Gasteiger partial charge in [0.15, 0.2) is 16.6 Å². The van der Waals surface area contributed by atoms with E-state index in [1.54, 1.807) is 17.5 Å². The van der Waals surface area contributed by atoms with Gasteiger partial charge in [0.2, 0.25) is 0 Å². The molecule has 8 nitrogen and oxygen atoms in total. The summed E-state index contributed by atoms with van der Waals surface area (Å²) >= 11 is 1.58. The highest BCUT2D eigenvalue weighted by Crippen LogP contribution is 2.35. The zero-order chi connectivity index (χ0) is 17.8. The van der Waals surface area contributed by atoms with Crippen LogP contribution < -0.4 is 5.32 Å². The van der Waals surface area contributed by atoms with Crippen molar-refractivity contribution in [2.45, 2.75) is 18.9 Å². The summed E-state index contributed by atoms with van der Waals surface area (Å²) in [6.45, 7) is 0. The van der Waals surface area contributed by atoms with Crippen molar-refractivity contribution in [1.82, 2.24) is 34.9 Å². The highest BCUT2D eigenvalue weighted by atomic mass is 32.1. The molecule has 0 aliphatic heterocycles. The van der Waals surface area contributed by atoms with Gasteiger partial charge in [-0.05, 0) is 25.0 Å². The van der Waals surface area contributed by atoms with Crippen molar-refractivity contribution in [3.63, 3.8) is 0 Å². The van der Waals surface area contributed by atoms with E-state index in [4.69, 9.17) is 4.98 Å². The molecule has 1 aliphatic rings. The SMILES string of the molecule is c1ccc2sc(-c3nc(Nc4cnn(C5CC5)c4)c4[nH]ncc4n3)nc2c1. The first-order chi connectivity index (χ1) is 13.3. The fourth-order valence-electron chi connectivity index (χ4n) is 3.07. The summed E-state index contributed by atoms with van der Waals surface area (Å²) in [6, 6.07) is 8.58. The van der Waals surface area contributed by atoms with Gasteiger partial charge in [0, 0.05) is 6.20 Å². The van der Waals surface area contributed by atoms with Crippen LogP contribution in [-0.4, -0.2) is 34.9 Å². The maximum absolute atomic E-state index is 4.72. The Morgan fingerprint density at radius 2 is 2.00 bits per heavy atom. The molecule has 132 valence electrons. The number of fused-ring (bicyclic) bond motifs is 2. The van der Waals surface area contributed by atoms with Gasteiger partial charge in [-0.3, -0.25) is 9.78 Å². The van der Waals surface area contributed by atoms with Crippen molar-refractivity contribution in [2.24, 2.45) is 0 Å². The smallest absolute Gasteiger partial charge is 0.191 e. The summed E-state index contributed by atoms with van der Waals surface area (Å²) in [5.74, 6) is 1.25. The van der Waals surface area contributed by atoms with E-state index in [1.807, 2.05) is 35.3 Å². The summed E-state index contributed by atoms with van der Waals surface area (Å²) in [5.41, 5.74) is 3.36. The molecular weight excluding hydrogens is 360 g/mol. The molecule has 4 heterocycles. The Balaban J connectivity index is 1.44. The first kappa shape index (κ1) is 14.8. The summed E-state index contributed by atoms with van der Waals surface area (Å²) in [6.07, 6.45) is 7.92. The Morgan fingerprint density at radius 3 is 2.89 bits per heavy atom. The van der Waals surface area contributed by atoms with Crippen LogP contribution in [0, 0.1) is 0 Å². The Morgan fingerprint density at radius 1 is 1.07 bits per heavy atom. The van der Waals surface area contributed by atoms with E-state index in [2.05, 4.69) is 36.6 Å². The number of aromatic amines is 1. The second-order valence-corrected chi connectivity index (χ2v) is 7.61. The number of para-hydroxylation sites is 1. The number of H-pyrrole nitrogens is 1. The highest BCUT2D eigenvalue weighted by Gasteiger charge is 2.24. The Labute approximate surface area is 157 Å². The van der Waals surface area contributed by atoms with Crippen molar-refractivity contribution in [3.8, 4) is 10.8 Å². The molecule has 6 rings (SSSR count). The molecule has 0 spiro atoms. The van der Waals surface area contributed by atoms with Gasteiger partial charge in [-0.25, -0.2) is 15.0 Å². The number of hydrogen-bond acceptors (Lipinski definition) is 7. The molecule has 0 unspecified atom stereocenters. The van der Waals surface area contributed by atoms with E-state index in [-0.39, 0.29) is 0 Å². The van der Waals surface area contributed by atoms with Crippen LogP contribution in [0.15, 0.2) is 42.9 Å². The quantitative estimate of drug-likeness (QED) is 0.495. The second kappa shape index (κ2) is 5.58. The number of aromatic nitrogens is 7. The zero-order valence-corrected chi connectivity index (χ0v) is 14.9. The van der Waals surface area contributed by atoms with Gasteiger partial charge in [0.1, 0.15) is 11.0 Å². The monoisotopic (exact) mass is 374 g/mol. The number of nitrogens with one attached hydrogen (secondary N) is 2. The molecule has 1 saturated carbocycles. The average Bonchev–Trinajstić information content (AvgIpc) is 3.10. The molecule has 1 fully saturated rings. The van der Waals surface area contributed by atoms with Crippen molar-refractivity contribution < 1.29 is 0 Å². The molecule has 0 atom stereocenters. The predicted octanol–water partition coefficient (Wildman–Crippen LogP) is 3.90. The average molecular weight is 374 g/mol. The van der Waals surface area contributed by atoms with Crippen molar-refractivity contribution in [2.75, 3.05) is 5.32 Å². The van der Waals surface area contributed by atoms with E-state index < -0.39 is 0 Å². The fraction of sp³-hybridized carbons (Fsp3) is 0.167. The number of thiazole rings is 1. The fourth-order valence-corrected chi connectivity index (χ4v) is 3.97. The van der Waals surface area contributed by atoms with Crippen molar-refractivity contribution >= 4 is 44.1 Å². The van der Waals surface area contributed by atoms with E-state index in [1.165, 1.54) is 12.8 Å². The molecule has 4 aromatic heterocycles. The number of anilines is 2. The van der Waals surface area contributed by atoms with Gasteiger partial charge < -0.3 is 5.32 Å². The van der Waals surface area contributed by atoms with Gasteiger partial charge in [-0.15, -0.1) is 11.3 Å². The normalized spacial score (nSPS) is 14.2. The molecule has 27 heavy (non-hydrogen) atoms. The molecular formula is C18H14N8S. The molecule has 0 bridgehead atoms. The maximum Gasteiger partial charge on any atom is 0.191 e. The third-order valence-electron chi connectivity index (χ3n) is 4.57. The molecule has 2 N–H and O–H groups in total. The lowest BCUT2D eigenvalue weighted by Gasteiger charge is -2.05. The minimum Gasteiger partial charge on any atom is -0.336 e. The van der Waals surface area contributed by atoms with Crippen molar-refractivity contribution in [3.05, 3.63) is 42.9 Å². The molecule has 1 aliphatic carbocycles.